The largest absolute Gasteiger partial charge is 0.456 e. The number of hydrogen-bond acceptors (Lipinski definition) is 2. The molecule has 2 aliphatic heterocycles. The number of fused-ring (bicyclic) bond motifs is 16. The van der Waals surface area contributed by atoms with Gasteiger partial charge in [-0.25, -0.2) is 0 Å². The Bertz CT molecular complexity index is 4030. The second-order valence-electron chi connectivity index (χ2n) is 28.4. The lowest BCUT2D eigenvalue weighted by Gasteiger charge is -2.48. The highest BCUT2D eigenvalue weighted by Crippen LogP contribution is 2.58. The summed E-state index contributed by atoms with van der Waals surface area (Å²) in [7, 11) is 0. The van der Waals surface area contributed by atoms with Crippen molar-refractivity contribution in [2.45, 2.75) is 173 Å². The minimum atomic E-state index is -0.281. The maximum atomic E-state index is 7.27. The molecule has 9 aromatic rings. The molecule has 3 nitrogen and oxygen atoms in total. The van der Waals surface area contributed by atoms with Crippen LogP contribution in [0.25, 0.3) is 71.7 Å². The van der Waals surface area contributed by atoms with E-state index in [2.05, 4.69) is 209 Å². The molecule has 2 aromatic heterocycles. The summed E-state index contributed by atoms with van der Waals surface area (Å²) in [5, 5.41) is 5.01. The average Bonchev–Trinajstić information content (AvgIpc) is 3.85. The van der Waals surface area contributed by atoms with Gasteiger partial charge in [-0.2, -0.15) is 0 Å². The van der Waals surface area contributed by atoms with Gasteiger partial charge in [0.15, 0.2) is 0 Å². The summed E-state index contributed by atoms with van der Waals surface area (Å²) in [5.74, 6) is 0. The smallest absolute Gasteiger partial charge is 0.333 e. The minimum absolute atomic E-state index is 0.0118. The molecule has 4 aliphatic carbocycles. The van der Waals surface area contributed by atoms with Crippen LogP contribution in [0.2, 0.25) is 0 Å². The molecule has 0 saturated heterocycles. The number of rotatable bonds is 1. The topological polar surface area (TPSA) is 21.3 Å². The lowest BCUT2D eigenvalue weighted by atomic mass is 9.43. The Morgan fingerprint density at radius 3 is 1.74 bits per heavy atom. The summed E-state index contributed by atoms with van der Waals surface area (Å²) in [4.78, 5) is 2.85. The fourth-order valence-corrected chi connectivity index (χ4v) is 16.1. The standard InChI is InChI=1S/C69H71BN2O/c1-63(2)25-26-64(3,4)48-32-39(20-22-47(48)63)72-55-37-52-50(66(7,8)28-30-68(52,11)12)34-43(55)44-35-57-58-45-31-38(19-24-56(45)73-57)42-33-49-51(67(9,10)29-27-65(49,5)6)36-54(42)71-61-53(70(72)60(44)62(58)71)23-21-41-40-17-15-16-18-46(40)69(13,14)59(41)61/h15-24,31-37H,25-30H2,1-14H3. The number of anilines is 2. The normalized spacial score (nSPS) is 21.1. The lowest BCUT2D eigenvalue weighted by molar-refractivity contribution is 0.332. The molecule has 0 fully saturated rings. The third kappa shape index (κ3) is 5.54. The molecule has 6 aliphatic rings. The van der Waals surface area contributed by atoms with Crippen LogP contribution >= 0.6 is 0 Å². The van der Waals surface area contributed by atoms with Crippen molar-refractivity contribution in [3.63, 3.8) is 0 Å². The first-order valence-electron chi connectivity index (χ1n) is 27.8. The number of aromatic nitrogens is 1. The Labute approximate surface area is 433 Å². The highest BCUT2D eigenvalue weighted by Gasteiger charge is 2.50. The number of furan rings is 1. The quantitative estimate of drug-likeness (QED) is 0.153. The molecule has 0 unspecified atom stereocenters. The van der Waals surface area contributed by atoms with Crippen molar-refractivity contribution >= 4 is 72.9 Å². The van der Waals surface area contributed by atoms with E-state index in [9.17, 15) is 0 Å². The first-order chi connectivity index (χ1) is 34.4. The molecule has 0 N–H and O–H groups in total. The van der Waals surface area contributed by atoms with Crippen LogP contribution in [-0.2, 0) is 37.9 Å². The summed E-state index contributed by atoms with van der Waals surface area (Å²) < 4.78 is 10.1. The van der Waals surface area contributed by atoms with E-state index in [-0.39, 0.29) is 44.8 Å². The van der Waals surface area contributed by atoms with Crippen molar-refractivity contribution in [1.82, 2.24) is 4.57 Å². The van der Waals surface area contributed by atoms with Gasteiger partial charge in [-0.05, 0) is 203 Å². The number of nitrogens with zero attached hydrogens (tertiary/aromatic N) is 2. The van der Waals surface area contributed by atoms with Crippen LogP contribution in [0.5, 0.6) is 0 Å². The van der Waals surface area contributed by atoms with E-state index in [1.54, 1.807) is 0 Å². The molecule has 7 aromatic carbocycles. The van der Waals surface area contributed by atoms with Crippen molar-refractivity contribution in [3.8, 4) is 27.9 Å². The molecule has 4 heterocycles. The van der Waals surface area contributed by atoms with E-state index < -0.39 is 0 Å². The maximum Gasteiger partial charge on any atom is 0.333 e. The van der Waals surface area contributed by atoms with E-state index in [0.717, 1.165) is 30.4 Å². The van der Waals surface area contributed by atoms with Gasteiger partial charge in [0.05, 0.1) is 16.4 Å². The fraction of sp³-hybridized carbons (Fsp3) is 0.391. The predicted octanol–water partition coefficient (Wildman–Crippen LogP) is 17.3. The van der Waals surface area contributed by atoms with Gasteiger partial charge in [0.1, 0.15) is 11.2 Å². The molecule has 0 spiro atoms. The molecule has 0 atom stereocenters. The van der Waals surface area contributed by atoms with E-state index in [0.29, 0.717) is 0 Å². The van der Waals surface area contributed by atoms with Crippen LogP contribution in [0.4, 0.5) is 11.4 Å². The van der Waals surface area contributed by atoms with Crippen molar-refractivity contribution in [3.05, 3.63) is 148 Å². The van der Waals surface area contributed by atoms with Gasteiger partial charge in [-0.1, -0.05) is 145 Å². The van der Waals surface area contributed by atoms with Gasteiger partial charge < -0.3 is 13.8 Å². The van der Waals surface area contributed by atoms with Crippen molar-refractivity contribution < 1.29 is 4.42 Å². The summed E-state index contributed by atoms with van der Waals surface area (Å²) in [6.07, 6.45) is 7.01. The highest BCUT2D eigenvalue weighted by atomic mass is 16.3. The van der Waals surface area contributed by atoms with E-state index in [1.165, 1.54) is 147 Å². The first-order valence-corrected chi connectivity index (χ1v) is 27.8. The number of benzene rings is 7. The van der Waals surface area contributed by atoms with Crippen LogP contribution in [0, 0.1) is 0 Å². The summed E-state index contributed by atoms with van der Waals surface area (Å²) >= 11 is 0. The Morgan fingerprint density at radius 1 is 0.452 bits per heavy atom. The van der Waals surface area contributed by atoms with E-state index in [1.807, 2.05) is 0 Å². The monoisotopic (exact) mass is 955 g/mol. The van der Waals surface area contributed by atoms with E-state index >= 15 is 0 Å². The molecule has 2 bridgehead atoms. The van der Waals surface area contributed by atoms with Crippen molar-refractivity contribution in [1.29, 1.82) is 0 Å². The Kier molecular flexibility index (Phi) is 8.20. The van der Waals surface area contributed by atoms with Crippen molar-refractivity contribution in [2.75, 3.05) is 4.81 Å². The second kappa shape index (κ2) is 13.4. The molecule has 73 heavy (non-hydrogen) atoms. The summed E-state index contributed by atoms with van der Waals surface area (Å²) in [5.41, 5.74) is 28.3. The third-order valence-corrected chi connectivity index (χ3v) is 20.9. The maximum absolute atomic E-state index is 7.27. The zero-order valence-electron chi connectivity index (χ0n) is 45.9. The highest BCUT2D eigenvalue weighted by molar-refractivity contribution is 6.93. The Balaban J connectivity index is 1.20. The molecular weight excluding hydrogens is 884 g/mol. The minimum Gasteiger partial charge on any atom is -0.456 e. The molecule has 0 radical (unpaired) electrons. The predicted molar refractivity (Wildman–Crippen MR) is 311 cm³/mol. The van der Waals surface area contributed by atoms with Gasteiger partial charge in [0, 0.05) is 38.8 Å². The van der Waals surface area contributed by atoms with E-state index in [4.69, 9.17) is 4.42 Å². The molecule has 0 amide bonds. The average molecular weight is 955 g/mol. The molecule has 15 rings (SSSR count). The van der Waals surface area contributed by atoms with Gasteiger partial charge in [0.2, 0.25) is 0 Å². The fourth-order valence-electron chi connectivity index (χ4n) is 16.1. The Hall–Kier alpha value is -6.00. The zero-order chi connectivity index (χ0) is 50.6. The van der Waals surface area contributed by atoms with Crippen molar-refractivity contribution in [2.24, 2.45) is 0 Å². The third-order valence-electron chi connectivity index (χ3n) is 20.9. The summed E-state index contributed by atoms with van der Waals surface area (Å²) in [6.45, 7) is 34.7. The van der Waals surface area contributed by atoms with Gasteiger partial charge in [0.25, 0.3) is 0 Å². The molecule has 366 valence electrons. The molecular formula is C69H71BN2O. The van der Waals surface area contributed by atoms with Crippen LogP contribution in [0.1, 0.15) is 180 Å². The number of hydrogen-bond donors (Lipinski definition) is 0. The Morgan fingerprint density at radius 2 is 1.05 bits per heavy atom. The second-order valence-corrected chi connectivity index (χ2v) is 28.4. The van der Waals surface area contributed by atoms with Gasteiger partial charge >= 0.3 is 6.85 Å². The molecule has 0 saturated carbocycles. The van der Waals surface area contributed by atoms with Crippen LogP contribution in [0.3, 0.4) is 0 Å². The first kappa shape index (κ1) is 44.5. The van der Waals surface area contributed by atoms with Gasteiger partial charge in [-0.3, -0.25) is 0 Å². The van der Waals surface area contributed by atoms with Gasteiger partial charge in [-0.15, -0.1) is 0 Å². The van der Waals surface area contributed by atoms with Crippen LogP contribution < -0.4 is 15.7 Å². The van der Waals surface area contributed by atoms with Crippen LogP contribution in [-0.4, -0.2) is 11.4 Å². The summed E-state index contributed by atoms with van der Waals surface area (Å²) in [6, 6.07) is 42.2. The molecule has 4 heteroatoms. The lowest BCUT2D eigenvalue weighted by Crippen LogP contribution is -2.61. The SMILES string of the molecule is CC1(C)CCC(C)(C)c2cc(N3B4c5ccc6c(c5-n5c7cc8c(cc7c7ccc9oc%10cc(c4c5c%10c9c7)-c4cc5c(cc43)C(C)(C)CCC5(C)C)C(C)(C)CCC8(C)C)C(C)(C)c3ccccc3-6)ccc21. The van der Waals surface area contributed by atoms with Crippen LogP contribution in [0.15, 0.2) is 108 Å². The zero-order valence-corrected chi connectivity index (χ0v) is 45.9.